The molecule has 0 aromatic heterocycles. The van der Waals surface area contributed by atoms with E-state index in [2.05, 4.69) is 24.1 Å². The van der Waals surface area contributed by atoms with Crippen LogP contribution in [0.15, 0.2) is 24.3 Å². The predicted octanol–water partition coefficient (Wildman–Crippen LogP) is 1.91. The van der Waals surface area contributed by atoms with Gasteiger partial charge in [0.25, 0.3) is 5.91 Å². The summed E-state index contributed by atoms with van der Waals surface area (Å²) >= 11 is 0. The molecule has 5 heteroatoms. The topological polar surface area (TPSA) is 67.6 Å². The van der Waals surface area contributed by atoms with Crippen molar-refractivity contribution in [2.45, 2.75) is 57.4 Å². The van der Waals surface area contributed by atoms with Gasteiger partial charge in [-0.25, -0.2) is 0 Å². The van der Waals surface area contributed by atoms with Gasteiger partial charge in [0.15, 0.2) is 0 Å². The van der Waals surface area contributed by atoms with E-state index in [-0.39, 0.29) is 5.91 Å². The van der Waals surface area contributed by atoms with E-state index in [0.717, 1.165) is 38.0 Å². The minimum atomic E-state index is -0.357. The van der Waals surface area contributed by atoms with Crippen molar-refractivity contribution >= 4 is 11.6 Å². The summed E-state index contributed by atoms with van der Waals surface area (Å²) in [5.74, 6) is -0.357. The van der Waals surface area contributed by atoms with E-state index in [4.69, 9.17) is 10.5 Å². The SMILES string of the molecule is CC(C)OC1CC(NC2CCN(c3ccccc3C(N)=O)C2)C1. The first-order valence-electron chi connectivity index (χ1n) is 8.58. The molecule has 0 radical (unpaired) electrons. The molecule has 1 heterocycles. The number of para-hydroxylation sites is 1. The van der Waals surface area contributed by atoms with Crippen LogP contribution >= 0.6 is 0 Å². The molecule has 0 bridgehead atoms. The number of hydrogen-bond acceptors (Lipinski definition) is 4. The largest absolute Gasteiger partial charge is 0.375 e. The number of nitrogens with one attached hydrogen (secondary N) is 1. The lowest BCUT2D eigenvalue weighted by molar-refractivity contribution is -0.0511. The molecule has 2 fully saturated rings. The van der Waals surface area contributed by atoms with Gasteiger partial charge in [0.05, 0.1) is 17.8 Å². The number of benzene rings is 1. The van der Waals surface area contributed by atoms with Crippen LogP contribution in [0, 0.1) is 0 Å². The first-order valence-corrected chi connectivity index (χ1v) is 8.58. The van der Waals surface area contributed by atoms with Crippen molar-refractivity contribution < 1.29 is 9.53 Å². The van der Waals surface area contributed by atoms with Crippen LogP contribution < -0.4 is 16.0 Å². The van der Waals surface area contributed by atoms with Crippen LogP contribution in [0.5, 0.6) is 0 Å². The summed E-state index contributed by atoms with van der Waals surface area (Å²) in [6.07, 6.45) is 4.03. The monoisotopic (exact) mass is 317 g/mol. The molecule has 1 saturated carbocycles. The van der Waals surface area contributed by atoms with Gasteiger partial charge in [-0.1, -0.05) is 12.1 Å². The molecule has 2 aliphatic rings. The quantitative estimate of drug-likeness (QED) is 0.841. The van der Waals surface area contributed by atoms with Crippen molar-refractivity contribution in [3.8, 4) is 0 Å². The van der Waals surface area contributed by atoms with Crippen molar-refractivity contribution in [1.82, 2.24) is 5.32 Å². The second-order valence-corrected chi connectivity index (χ2v) is 6.95. The van der Waals surface area contributed by atoms with Crippen molar-refractivity contribution in [1.29, 1.82) is 0 Å². The molecule has 1 aliphatic carbocycles. The molecule has 1 saturated heterocycles. The highest BCUT2D eigenvalue weighted by Crippen LogP contribution is 2.28. The summed E-state index contributed by atoms with van der Waals surface area (Å²) in [6, 6.07) is 8.65. The molecule has 0 spiro atoms. The van der Waals surface area contributed by atoms with Gasteiger partial charge in [-0.2, -0.15) is 0 Å². The molecule has 1 amide bonds. The van der Waals surface area contributed by atoms with Crippen LogP contribution in [-0.4, -0.2) is 43.3 Å². The third-order valence-corrected chi connectivity index (χ3v) is 4.73. The molecule has 1 unspecified atom stereocenters. The van der Waals surface area contributed by atoms with Crippen LogP contribution in [-0.2, 0) is 4.74 Å². The number of anilines is 1. The van der Waals surface area contributed by atoms with E-state index >= 15 is 0 Å². The van der Waals surface area contributed by atoms with E-state index in [1.54, 1.807) is 6.07 Å². The first kappa shape index (κ1) is 16.3. The van der Waals surface area contributed by atoms with Gasteiger partial charge in [0, 0.05) is 30.9 Å². The lowest BCUT2D eigenvalue weighted by Crippen LogP contribution is -2.50. The predicted molar refractivity (Wildman–Crippen MR) is 91.7 cm³/mol. The number of ether oxygens (including phenoxy) is 1. The Labute approximate surface area is 138 Å². The molecular formula is C18H27N3O2. The normalized spacial score (nSPS) is 27.3. The third kappa shape index (κ3) is 3.85. The van der Waals surface area contributed by atoms with Crippen molar-refractivity contribution in [3.05, 3.63) is 29.8 Å². The van der Waals surface area contributed by atoms with Crippen LogP contribution in [0.3, 0.4) is 0 Å². The highest BCUT2D eigenvalue weighted by molar-refractivity contribution is 5.98. The Morgan fingerprint density at radius 3 is 2.74 bits per heavy atom. The Morgan fingerprint density at radius 1 is 1.30 bits per heavy atom. The average Bonchev–Trinajstić information content (AvgIpc) is 2.93. The summed E-state index contributed by atoms with van der Waals surface area (Å²) < 4.78 is 5.81. The fourth-order valence-corrected chi connectivity index (χ4v) is 3.60. The summed E-state index contributed by atoms with van der Waals surface area (Å²) in [4.78, 5) is 13.8. The van der Waals surface area contributed by atoms with E-state index in [1.807, 2.05) is 18.2 Å². The second-order valence-electron chi connectivity index (χ2n) is 6.95. The van der Waals surface area contributed by atoms with E-state index < -0.39 is 0 Å². The maximum atomic E-state index is 11.6. The first-order chi connectivity index (χ1) is 11.0. The number of primary amides is 1. The number of amides is 1. The highest BCUT2D eigenvalue weighted by atomic mass is 16.5. The summed E-state index contributed by atoms with van der Waals surface area (Å²) in [6.45, 7) is 6.06. The number of carbonyl (C=O) groups is 1. The van der Waals surface area contributed by atoms with Crippen LogP contribution in [0.4, 0.5) is 5.69 Å². The van der Waals surface area contributed by atoms with Gasteiger partial charge in [-0.15, -0.1) is 0 Å². The number of carbonyl (C=O) groups excluding carboxylic acids is 1. The number of nitrogens with zero attached hydrogens (tertiary/aromatic N) is 1. The minimum Gasteiger partial charge on any atom is -0.375 e. The van der Waals surface area contributed by atoms with Crippen LogP contribution in [0.25, 0.3) is 0 Å². The molecular weight excluding hydrogens is 290 g/mol. The zero-order chi connectivity index (χ0) is 16.4. The fourth-order valence-electron chi connectivity index (χ4n) is 3.60. The zero-order valence-electron chi connectivity index (χ0n) is 14.0. The summed E-state index contributed by atoms with van der Waals surface area (Å²) in [5, 5.41) is 3.73. The molecule has 5 nitrogen and oxygen atoms in total. The van der Waals surface area contributed by atoms with Crippen LogP contribution in [0.2, 0.25) is 0 Å². The van der Waals surface area contributed by atoms with E-state index in [0.29, 0.717) is 29.9 Å². The van der Waals surface area contributed by atoms with Gasteiger partial charge in [-0.05, 0) is 45.2 Å². The smallest absolute Gasteiger partial charge is 0.250 e. The van der Waals surface area contributed by atoms with Gasteiger partial charge in [-0.3, -0.25) is 4.79 Å². The third-order valence-electron chi connectivity index (χ3n) is 4.73. The van der Waals surface area contributed by atoms with Gasteiger partial charge in [0.2, 0.25) is 0 Å². The molecule has 23 heavy (non-hydrogen) atoms. The summed E-state index contributed by atoms with van der Waals surface area (Å²) in [7, 11) is 0. The molecule has 3 N–H and O–H groups in total. The lowest BCUT2D eigenvalue weighted by atomic mass is 9.88. The molecule has 1 aliphatic heterocycles. The zero-order valence-corrected chi connectivity index (χ0v) is 14.0. The van der Waals surface area contributed by atoms with Crippen molar-refractivity contribution in [2.24, 2.45) is 5.73 Å². The van der Waals surface area contributed by atoms with Crippen LogP contribution in [0.1, 0.15) is 43.5 Å². The number of hydrogen-bond donors (Lipinski definition) is 2. The Bertz CT molecular complexity index is 555. The van der Waals surface area contributed by atoms with Crippen molar-refractivity contribution in [3.63, 3.8) is 0 Å². The Balaban J connectivity index is 1.51. The maximum Gasteiger partial charge on any atom is 0.250 e. The molecule has 1 aromatic rings. The summed E-state index contributed by atoms with van der Waals surface area (Å²) in [5.41, 5.74) is 7.06. The number of rotatable bonds is 6. The molecule has 126 valence electrons. The van der Waals surface area contributed by atoms with E-state index in [9.17, 15) is 4.79 Å². The van der Waals surface area contributed by atoms with E-state index in [1.165, 1.54) is 0 Å². The molecule has 3 rings (SSSR count). The Kier molecular flexibility index (Phi) is 4.87. The Hall–Kier alpha value is -1.59. The van der Waals surface area contributed by atoms with Gasteiger partial charge < -0.3 is 20.7 Å². The average molecular weight is 317 g/mol. The molecule has 1 aromatic carbocycles. The fraction of sp³-hybridized carbons (Fsp3) is 0.611. The lowest BCUT2D eigenvalue weighted by Gasteiger charge is -2.38. The standard InChI is InChI=1S/C18H27N3O2/c1-12(2)23-15-9-14(10-15)20-13-7-8-21(11-13)17-6-4-3-5-16(17)18(19)22/h3-6,12-15,20H,7-11H2,1-2H3,(H2,19,22). The second kappa shape index (κ2) is 6.89. The minimum absolute atomic E-state index is 0.313. The molecule has 1 atom stereocenters. The van der Waals surface area contributed by atoms with Gasteiger partial charge >= 0.3 is 0 Å². The number of nitrogens with two attached hydrogens (primary N) is 1. The maximum absolute atomic E-state index is 11.6. The van der Waals surface area contributed by atoms with Gasteiger partial charge in [0.1, 0.15) is 0 Å². The Morgan fingerprint density at radius 2 is 2.04 bits per heavy atom. The van der Waals surface area contributed by atoms with Crippen molar-refractivity contribution in [2.75, 3.05) is 18.0 Å². The highest BCUT2D eigenvalue weighted by Gasteiger charge is 2.34.